The van der Waals surface area contributed by atoms with Crippen molar-refractivity contribution in [3.63, 3.8) is 0 Å². The van der Waals surface area contributed by atoms with Gasteiger partial charge in [0.15, 0.2) is 5.65 Å². The van der Waals surface area contributed by atoms with E-state index in [1.165, 1.54) is 18.4 Å². The maximum atomic E-state index is 12.4. The number of hydrogen-bond acceptors (Lipinski definition) is 7. The zero-order valence-corrected chi connectivity index (χ0v) is 22.3. The summed E-state index contributed by atoms with van der Waals surface area (Å²) in [6, 6.07) is 9.08. The Morgan fingerprint density at radius 1 is 1.08 bits per heavy atom. The molecule has 1 fully saturated rings. The van der Waals surface area contributed by atoms with E-state index in [0.29, 0.717) is 0 Å². The minimum Gasteiger partial charge on any atom is -0.367 e. The number of nitrogens with one attached hydrogen (secondary N) is 3. The van der Waals surface area contributed by atoms with Crippen LogP contribution in [0, 0.1) is 0 Å². The molecular formula is C25H35N7O3S. The third kappa shape index (κ3) is 5.62. The Hall–Kier alpha value is -3.18. The van der Waals surface area contributed by atoms with Crippen molar-refractivity contribution in [1.29, 1.82) is 0 Å². The zero-order valence-electron chi connectivity index (χ0n) is 21.4. The number of anilines is 3. The lowest BCUT2D eigenvalue weighted by atomic mass is 9.91. The number of nitrogens with zero attached hydrogens (tertiary/aromatic N) is 4. The van der Waals surface area contributed by atoms with E-state index in [1.807, 2.05) is 12.3 Å². The molecule has 1 amide bonds. The summed E-state index contributed by atoms with van der Waals surface area (Å²) in [4.78, 5) is 16.5. The number of carbonyl (C=O) groups excluding carboxylic acids is 1. The number of sulfonamides is 1. The van der Waals surface area contributed by atoms with E-state index in [1.54, 1.807) is 35.7 Å². The molecule has 1 aliphatic carbocycles. The number of aromatic nitrogens is 3. The molecule has 0 saturated heterocycles. The third-order valence-corrected chi connectivity index (χ3v) is 8.34. The van der Waals surface area contributed by atoms with Crippen LogP contribution in [0.4, 0.5) is 17.3 Å². The van der Waals surface area contributed by atoms with Gasteiger partial charge in [-0.05, 0) is 55.9 Å². The van der Waals surface area contributed by atoms with Crippen molar-refractivity contribution in [2.24, 2.45) is 0 Å². The van der Waals surface area contributed by atoms with Gasteiger partial charge in [-0.15, -0.1) is 0 Å². The van der Waals surface area contributed by atoms with Crippen LogP contribution >= 0.6 is 0 Å². The van der Waals surface area contributed by atoms with Crippen LogP contribution in [-0.4, -0.2) is 59.4 Å². The molecule has 1 saturated carbocycles. The highest BCUT2D eigenvalue weighted by Crippen LogP contribution is 2.28. The van der Waals surface area contributed by atoms with E-state index in [-0.39, 0.29) is 28.8 Å². The predicted octanol–water partition coefficient (Wildman–Crippen LogP) is 3.71. The molecule has 2 aromatic heterocycles. The number of rotatable bonds is 8. The Morgan fingerprint density at radius 3 is 2.31 bits per heavy atom. The topological polar surface area (TPSA) is 121 Å². The van der Waals surface area contributed by atoms with E-state index in [2.05, 4.69) is 34.9 Å². The van der Waals surface area contributed by atoms with E-state index in [9.17, 15) is 13.2 Å². The molecule has 4 rings (SSSR count). The van der Waals surface area contributed by atoms with Crippen LogP contribution in [0.3, 0.4) is 0 Å². The second-order valence-electron chi connectivity index (χ2n) is 9.85. The van der Waals surface area contributed by atoms with Gasteiger partial charge >= 0.3 is 0 Å². The van der Waals surface area contributed by atoms with Crippen LogP contribution < -0.4 is 16.0 Å². The summed E-state index contributed by atoms with van der Waals surface area (Å²) in [6.45, 7) is 5.78. The second-order valence-corrected chi connectivity index (χ2v) is 12.0. The molecule has 194 valence electrons. The highest BCUT2D eigenvalue weighted by molar-refractivity contribution is 7.89. The molecule has 1 aromatic carbocycles. The number of hydrogen-bond donors (Lipinski definition) is 3. The largest absolute Gasteiger partial charge is 0.367 e. The van der Waals surface area contributed by atoms with Crippen LogP contribution in [0.15, 0.2) is 41.4 Å². The van der Waals surface area contributed by atoms with Gasteiger partial charge in [-0.2, -0.15) is 9.61 Å². The van der Waals surface area contributed by atoms with Crippen molar-refractivity contribution >= 4 is 38.9 Å². The van der Waals surface area contributed by atoms with Gasteiger partial charge < -0.3 is 16.0 Å². The first-order valence-corrected chi connectivity index (χ1v) is 13.7. The van der Waals surface area contributed by atoms with Crippen LogP contribution in [-0.2, 0) is 14.8 Å². The minimum absolute atomic E-state index is 0.0172. The van der Waals surface area contributed by atoms with Gasteiger partial charge in [0.1, 0.15) is 11.6 Å². The van der Waals surface area contributed by atoms with E-state index in [4.69, 9.17) is 4.98 Å². The van der Waals surface area contributed by atoms with Gasteiger partial charge in [0.05, 0.1) is 11.1 Å². The smallest absolute Gasteiger partial charge is 0.242 e. The van der Waals surface area contributed by atoms with Crippen molar-refractivity contribution in [3.8, 4) is 0 Å². The quantitative estimate of drug-likeness (QED) is 0.420. The third-order valence-electron chi connectivity index (χ3n) is 6.51. The van der Waals surface area contributed by atoms with Gasteiger partial charge in [-0.25, -0.2) is 17.7 Å². The number of fused-ring (bicyclic) bond motifs is 1. The maximum absolute atomic E-state index is 12.4. The van der Waals surface area contributed by atoms with E-state index < -0.39 is 10.0 Å². The molecule has 0 atom stereocenters. The lowest BCUT2D eigenvalue weighted by Gasteiger charge is -2.29. The molecule has 0 spiro atoms. The Kier molecular flexibility index (Phi) is 7.51. The standard InChI is InChI=1S/C25H35N7O3S/c1-16(2)22-15-26-32-24(29-20-10-12-21(13-11-20)36(34,35)31(4)5)14-23(30-25(22)32)28-19-8-6-18(7-9-19)27-17(3)33/h10-16,18-19,29H,6-9H2,1-5H3,(H,27,33)(H,28,30)/t18-,19-. The van der Waals surface area contributed by atoms with Crippen molar-refractivity contribution in [3.05, 3.63) is 42.1 Å². The van der Waals surface area contributed by atoms with Crippen molar-refractivity contribution in [2.45, 2.75) is 69.4 Å². The fourth-order valence-corrected chi connectivity index (χ4v) is 5.40. The first-order valence-electron chi connectivity index (χ1n) is 12.3. The lowest BCUT2D eigenvalue weighted by Crippen LogP contribution is -2.39. The Morgan fingerprint density at radius 2 is 1.72 bits per heavy atom. The Bertz CT molecular complexity index is 1330. The molecule has 0 radical (unpaired) electrons. The monoisotopic (exact) mass is 513 g/mol. The minimum atomic E-state index is -3.50. The summed E-state index contributed by atoms with van der Waals surface area (Å²) in [6.07, 6.45) is 5.58. The van der Waals surface area contributed by atoms with Gasteiger partial charge in [0.25, 0.3) is 0 Å². The average molecular weight is 514 g/mol. The number of benzene rings is 1. The van der Waals surface area contributed by atoms with Crippen molar-refractivity contribution in [2.75, 3.05) is 24.7 Å². The SMILES string of the molecule is CC(=O)N[C@H]1CC[C@H](Nc2cc(Nc3ccc(S(=O)(=O)N(C)C)cc3)n3ncc(C(C)C)c3n2)CC1. The second kappa shape index (κ2) is 10.4. The van der Waals surface area contributed by atoms with Crippen LogP contribution in [0.5, 0.6) is 0 Å². The molecular weight excluding hydrogens is 478 g/mol. The van der Waals surface area contributed by atoms with Crippen LogP contribution in [0.1, 0.15) is 57.9 Å². The normalized spacial score (nSPS) is 18.5. The number of carbonyl (C=O) groups is 1. The van der Waals surface area contributed by atoms with Gasteiger partial charge in [0.2, 0.25) is 15.9 Å². The Labute approximate surface area is 212 Å². The summed E-state index contributed by atoms with van der Waals surface area (Å²) in [5.41, 5.74) is 2.56. The zero-order chi connectivity index (χ0) is 26.0. The van der Waals surface area contributed by atoms with Crippen LogP contribution in [0.2, 0.25) is 0 Å². The number of amides is 1. The summed E-state index contributed by atoms with van der Waals surface area (Å²) >= 11 is 0. The molecule has 11 heteroatoms. The van der Waals surface area contributed by atoms with Crippen molar-refractivity contribution < 1.29 is 13.2 Å². The first kappa shape index (κ1) is 25.9. The van der Waals surface area contributed by atoms with Gasteiger partial charge in [-0.1, -0.05) is 13.8 Å². The van der Waals surface area contributed by atoms with E-state index >= 15 is 0 Å². The molecule has 0 aliphatic heterocycles. The van der Waals surface area contributed by atoms with Crippen molar-refractivity contribution in [1.82, 2.24) is 24.2 Å². The summed E-state index contributed by atoms with van der Waals surface area (Å²) < 4.78 is 27.8. The van der Waals surface area contributed by atoms with E-state index in [0.717, 1.165) is 54.2 Å². The molecule has 1 aliphatic rings. The fraction of sp³-hybridized carbons (Fsp3) is 0.480. The average Bonchev–Trinajstić information content (AvgIpc) is 3.25. The summed E-state index contributed by atoms with van der Waals surface area (Å²) in [5, 5.41) is 14.5. The van der Waals surface area contributed by atoms with Crippen LogP contribution in [0.25, 0.3) is 5.65 Å². The fourth-order valence-electron chi connectivity index (χ4n) is 4.50. The van der Waals surface area contributed by atoms with Gasteiger partial charge in [0, 0.05) is 50.4 Å². The molecule has 0 bridgehead atoms. The molecule has 0 unspecified atom stereocenters. The van der Waals surface area contributed by atoms with Gasteiger partial charge in [-0.3, -0.25) is 4.79 Å². The highest BCUT2D eigenvalue weighted by atomic mass is 32.2. The lowest BCUT2D eigenvalue weighted by molar-refractivity contribution is -0.119. The molecule has 3 aromatic rings. The summed E-state index contributed by atoms with van der Waals surface area (Å²) in [7, 11) is -0.469. The molecule has 3 N–H and O–H groups in total. The highest BCUT2D eigenvalue weighted by Gasteiger charge is 2.23. The Balaban J connectivity index is 1.59. The summed E-state index contributed by atoms with van der Waals surface area (Å²) in [5.74, 6) is 1.75. The first-order chi connectivity index (χ1) is 17.0. The molecule has 2 heterocycles. The maximum Gasteiger partial charge on any atom is 0.242 e. The molecule has 36 heavy (non-hydrogen) atoms. The molecule has 10 nitrogen and oxygen atoms in total. The predicted molar refractivity (Wildman–Crippen MR) is 141 cm³/mol.